The second kappa shape index (κ2) is 10.4. The SMILES string of the molecule is Cc1cc(OCC2(CC(=O)N3CCC(O)CC3)CCCN(C(=O)c3ccn[nH]3)C2)cc(C)c1Cl. The molecule has 2 aromatic rings. The second-order valence-corrected chi connectivity index (χ2v) is 10.1. The van der Waals surface area contributed by atoms with Crippen molar-refractivity contribution in [2.45, 2.75) is 52.1 Å². The Hall–Kier alpha value is -2.58. The van der Waals surface area contributed by atoms with Crippen molar-refractivity contribution >= 4 is 23.4 Å². The van der Waals surface area contributed by atoms with Crippen molar-refractivity contribution in [1.29, 1.82) is 0 Å². The van der Waals surface area contributed by atoms with Gasteiger partial charge in [0.1, 0.15) is 11.4 Å². The zero-order valence-corrected chi connectivity index (χ0v) is 20.6. The first-order chi connectivity index (χ1) is 16.3. The maximum atomic E-state index is 13.3. The number of aryl methyl sites for hydroxylation is 2. The van der Waals surface area contributed by atoms with E-state index in [2.05, 4.69) is 10.2 Å². The van der Waals surface area contributed by atoms with Crippen molar-refractivity contribution < 1.29 is 19.4 Å². The van der Waals surface area contributed by atoms with Crippen LogP contribution in [-0.2, 0) is 4.79 Å². The summed E-state index contributed by atoms with van der Waals surface area (Å²) in [5.74, 6) is 0.646. The predicted molar refractivity (Wildman–Crippen MR) is 129 cm³/mol. The van der Waals surface area contributed by atoms with Crippen LogP contribution >= 0.6 is 11.6 Å². The van der Waals surface area contributed by atoms with E-state index in [1.807, 2.05) is 30.9 Å². The van der Waals surface area contributed by atoms with Gasteiger partial charge in [-0.15, -0.1) is 0 Å². The number of ether oxygens (including phenoxy) is 1. The van der Waals surface area contributed by atoms with Crippen molar-refractivity contribution in [1.82, 2.24) is 20.0 Å². The predicted octanol–water partition coefficient (Wildman–Crippen LogP) is 3.35. The van der Waals surface area contributed by atoms with E-state index in [9.17, 15) is 14.7 Å². The third kappa shape index (κ3) is 5.55. The summed E-state index contributed by atoms with van der Waals surface area (Å²) in [6, 6.07) is 5.49. The van der Waals surface area contributed by atoms with E-state index in [1.165, 1.54) is 0 Å². The highest BCUT2D eigenvalue weighted by molar-refractivity contribution is 6.32. The van der Waals surface area contributed by atoms with Gasteiger partial charge in [0.2, 0.25) is 5.91 Å². The summed E-state index contributed by atoms with van der Waals surface area (Å²) in [5, 5.41) is 17.2. The summed E-state index contributed by atoms with van der Waals surface area (Å²) in [5.41, 5.74) is 1.81. The Morgan fingerprint density at radius 1 is 1.21 bits per heavy atom. The van der Waals surface area contributed by atoms with Crippen molar-refractivity contribution in [2.75, 3.05) is 32.8 Å². The third-order valence-corrected chi connectivity index (χ3v) is 7.57. The fraction of sp³-hybridized carbons (Fsp3) is 0.560. The van der Waals surface area contributed by atoms with Crippen LogP contribution in [0.1, 0.15) is 53.7 Å². The number of piperidine rings is 2. The highest BCUT2D eigenvalue weighted by Crippen LogP contribution is 2.37. The fourth-order valence-corrected chi connectivity index (χ4v) is 5.12. The highest BCUT2D eigenvalue weighted by Gasteiger charge is 2.41. The minimum atomic E-state index is -0.511. The number of rotatable bonds is 6. The van der Waals surface area contributed by atoms with Crippen LogP contribution in [0, 0.1) is 19.3 Å². The minimum Gasteiger partial charge on any atom is -0.493 e. The lowest BCUT2D eigenvalue weighted by Crippen LogP contribution is -2.51. The molecule has 0 bridgehead atoms. The number of likely N-dealkylation sites (tertiary alicyclic amines) is 2. The highest BCUT2D eigenvalue weighted by atomic mass is 35.5. The number of H-pyrrole nitrogens is 1. The van der Waals surface area contributed by atoms with Crippen LogP contribution in [0.15, 0.2) is 24.4 Å². The van der Waals surface area contributed by atoms with E-state index in [4.69, 9.17) is 16.3 Å². The standard InChI is InChI=1S/C25H33ClN4O4/c1-17-12-20(13-18(2)23(17)26)34-16-25(14-22(32)29-10-5-19(31)6-11-29)7-3-9-30(15-25)24(33)21-4-8-27-28-21/h4,8,12-13,19,31H,3,5-7,9-11,14-16H2,1-2H3,(H,27,28). The molecule has 9 heteroatoms. The number of carbonyl (C=O) groups excluding carboxylic acids is 2. The number of nitrogens with one attached hydrogen (secondary N) is 1. The Balaban J connectivity index is 1.53. The van der Waals surface area contributed by atoms with Crippen LogP contribution in [0.4, 0.5) is 0 Å². The van der Waals surface area contributed by atoms with Gasteiger partial charge in [-0.2, -0.15) is 5.10 Å². The summed E-state index contributed by atoms with van der Waals surface area (Å²) in [6.07, 6.45) is 4.29. The first-order valence-corrected chi connectivity index (χ1v) is 12.3. The molecule has 2 N–H and O–H groups in total. The number of aromatic nitrogens is 2. The number of amides is 2. The smallest absolute Gasteiger partial charge is 0.271 e. The van der Waals surface area contributed by atoms with Crippen LogP contribution < -0.4 is 4.74 Å². The summed E-state index contributed by atoms with van der Waals surface area (Å²) in [4.78, 5) is 30.0. The van der Waals surface area contributed by atoms with Crippen molar-refractivity contribution in [3.05, 3.63) is 46.2 Å². The van der Waals surface area contributed by atoms with E-state index >= 15 is 0 Å². The molecule has 1 atom stereocenters. The van der Waals surface area contributed by atoms with Gasteiger partial charge in [-0.3, -0.25) is 14.7 Å². The normalized spacial score (nSPS) is 21.5. The third-order valence-electron chi connectivity index (χ3n) is 6.98. The molecule has 1 unspecified atom stereocenters. The Bertz CT molecular complexity index is 997. The molecule has 0 radical (unpaired) electrons. The van der Waals surface area contributed by atoms with Crippen molar-refractivity contribution in [3.8, 4) is 5.75 Å². The lowest BCUT2D eigenvalue weighted by Gasteiger charge is -2.43. The van der Waals surface area contributed by atoms with Crippen LogP contribution in [0.3, 0.4) is 0 Å². The van der Waals surface area contributed by atoms with Crippen LogP contribution in [-0.4, -0.2) is 75.8 Å². The van der Waals surface area contributed by atoms with Gasteiger partial charge in [0.25, 0.3) is 5.91 Å². The molecule has 1 aromatic heterocycles. The quantitative estimate of drug-likeness (QED) is 0.649. The summed E-state index contributed by atoms with van der Waals surface area (Å²) >= 11 is 6.32. The van der Waals surface area contributed by atoms with Gasteiger partial charge in [-0.1, -0.05) is 11.6 Å². The first kappa shape index (κ1) is 24.5. The summed E-state index contributed by atoms with van der Waals surface area (Å²) < 4.78 is 6.26. The van der Waals surface area contributed by atoms with Gasteiger partial charge in [0, 0.05) is 49.2 Å². The molecule has 4 rings (SSSR count). The van der Waals surface area contributed by atoms with E-state index in [0.29, 0.717) is 63.5 Å². The summed E-state index contributed by atoms with van der Waals surface area (Å²) in [6.45, 7) is 6.38. The average molecular weight is 489 g/mol. The van der Waals surface area contributed by atoms with Crippen molar-refractivity contribution in [3.63, 3.8) is 0 Å². The molecule has 2 amide bonds. The molecule has 184 valence electrons. The van der Waals surface area contributed by atoms with Gasteiger partial charge >= 0.3 is 0 Å². The fourth-order valence-electron chi connectivity index (χ4n) is 5.01. The first-order valence-electron chi connectivity index (χ1n) is 11.9. The molecule has 8 nitrogen and oxygen atoms in total. The van der Waals surface area contributed by atoms with E-state index < -0.39 is 5.41 Å². The molecule has 2 aliphatic rings. The Morgan fingerprint density at radius 3 is 2.56 bits per heavy atom. The summed E-state index contributed by atoms with van der Waals surface area (Å²) in [7, 11) is 0. The molecular weight excluding hydrogens is 456 g/mol. The number of aliphatic hydroxyl groups is 1. The van der Waals surface area contributed by atoms with Gasteiger partial charge in [0.15, 0.2) is 0 Å². The Kier molecular flexibility index (Phi) is 7.48. The monoisotopic (exact) mass is 488 g/mol. The van der Waals surface area contributed by atoms with E-state index in [0.717, 1.165) is 29.0 Å². The molecule has 1 aromatic carbocycles. The number of carbonyl (C=O) groups is 2. The molecule has 0 saturated carbocycles. The molecule has 34 heavy (non-hydrogen) atoms. The Morgan fingerprint density at radius 2 is 1.91 bits per heavy atom. The molecule has 2 saturated heterocycles. The molecule has 2 fully saturated rings. The number of hydrogen-bond acceptors (Lipinski definition) is 5. The largest absolute Gasteiger partial charge is 0.493 e. The van der Waals surface area contributed by atoms with E-state index in [1.54, 1.807) is 17.2 Å². The molecule has 0 aliphatic carbocycles. The lowest BCUT2D eigenvalue weighted by molar-refractivity contribution is -0.137. The van der Waals surface area contributed by atoms with Gasteiger partial charge in [0.05, 0.1) is 12.7 Å². The van der Waals surface area contributed by atoms with E-state index in [-0.39, 0.29) is 17.9 Å². The molecule has 0 spiro atoms. The number of benzene rings is 1. The van der Waals surface area contributed by atoms with Crippen LogP contribution in [0.5, 0.6) is 5.75 Å². The zero-order valence-electron chi connectivity index (χ0n) is 19.8. The zero-order chi connectivity index (χ0) is 24.3. The Labute approximate surface area is 205 Å². The minimum absolute atomic E-state index is 0.0507. The van der Waals surface area contributed by atoms with Crippen LogP contribution in [0.25, 0.3) is 0 Å². The van der Waals surface area contributed by atoms with Gasteiger partial charge in [-0.25, -0.2) is 0 Å². The van der Waals surface area contributed by atoms with Crippen molar-refractivity contribution in [2.24, 2.45) is 5.41 Å². The molecule has 3 heterocycles. The molecular formula is C25H33ClN4O4. The lowest BCUT2D eigenvalue weighted by atomic mass is 9.77. The second-order valence-electron chi connectivity index (χ2n) is 9.75. The molecule has 2 aliphatic heterocycles. The number of nitrogens with zero attached hydrogens (tertiary/aromatic N) is 3. The number of aliphatic hydroxyl groups excluding tert-OH is 1. The number of halogens is 1. The maximum Gasteiger partial charge on any atom is 0.271 e. The maximum absolute atomic E-state index is 13.3. The topological polar surface area (TPSA) is 98.8 Å². The van der Waals surface area contributed by atoms with Crippen LogP contribution in [0.2, 0.25) is 5.02 Å². The van der Waals surface area contributed by atoms with Gasteiger partial charge in [-0.05, 0) is 68.9 Å². The number of hydrogen-bond donors (Lipinski definition) is 2. The average Bonchev–Trinajstić information content (AvgIpc) is 3.36. The van der Waals surface area contributed by atoms with Gasteiger partial charge < -0.3 is 19.6 Å². The number of aromatic amines is 1.